The third-order valence-electron chi connectivity index (χ3n) is 5.58. The van der Waals surface area contributed by atoms with Crippen LogP contribution in [0.1, 0.15) is 25.7 Å². The van der Waals surface area contributed by atoms with Gasteiger partial charge in [-0.15, -0.1) is 0 Å². The van der Waals surface area contributed by atoms with Crippen LogP contribution >= 0.6 is 11.6 Å². The highest BCUT2D eigenvalue weighted by Crippen LogP contribution is 2.31. The number of ether oxygens (including phenoxy) is 1. The largest absolute Gasteiger partial charge is 0.493 e. The Morgan fingerprint density at radius 3 is 2.74 bits per heavy atom. The second kappa shape index (κ2) is 11.7. The van der Waals surface area contributed by atoms with Gasteiger partial charge in [0.05, 0.1) is 17.3 Å². The summed E-state index contributed by atoms with van der Waals surface area (Å²) in [6, 6.07) is 15.8. The Morgan fingerprint density at radius 1 is 1.12 bits per heavy atom. The predicted molar refractivity (Wildman–Crippen MR) is 134 cm³/mol. The van der Waals surface area contributed by atoms with Gasteiger partial charge in [0, 0.05) is 30.6 Å². The molecule has 178 valence electrons. The molecule has 3 aromatic rings. The highest BCUT2D eigenvalue weighted by molar-refractivity contribution is 6.34. The standard InChI is InChI=1S/C25H28ClN5O3/c26-21-10-2-3-11-22(21)31(25(32)33)23-12-13-27-24(29-23)28-19-8-6-9-20(18-19)34-17-7-16-30-14-4-1-5-15-30/h2-3,6,8-13,18H,1,4-5,7,14-17H2,(H,32,33)(H,27,28,29). The first kappa shape index (κ1) is 23.8. The van der Waals surface area contributed by atoms with Crippen LogP contribution in [-0.2, 0) is 0 Å². The lowest BCUT2D eigenvalue weighted by Gasteiger charge is -2.26. The molecular weight excluding hydrogens is 454 g/mol. The zero-order valence-corrected chi connectivity index (χ0v) is 19.6. The number of nitrogens with zero attached hydrogens (tertiary/aromatic N) is 4. The van der Waals surface area contributed by atoms with E-state index in [-0.39, 0.29) is 11.8 Å². The average molecular weight is 482 g/mol. The molecule has 0 radical (unpaired) electrons. The minimum absolute atomic E-state index is 0.184. The molecule has 1 fully saturated rings. The summed E-state index contributed by atoms with van der Waals surface area (Å²) in [7, 11) is 0. The first-order chi connectivity index (χ1) is 16.6. The van der Waals surface area contributed by atoms with Crippen molar-refractivity contribution in [1.29, 1.82) is 0 Å². The van der Waals surface area contributed by atoms with E-state index in [1.807, 2.05) is 24.3 Å². The van der Waals surface area contributed by atoms with Gasteiger partial charge in [-0.25, -0.2) is 14.7 Å². The number of carboxylic acid groups (broad SMARTS) is 1. The van der Waals surface area contributed by atoms with Crippen LogP contribution < -0.4 is 15.0 Å². The summed E-state index contributed by atoms with van der Waals surface area (Å²) in [6.45, 7) is 4.09. The number of rotatable bonds is 9. The van der Waals surface area contributed by atoms with Gasteiger partial charge in [-0.3, -0.25) is 0 Å². The van der Waals surface area contributed by atoms with Gasteiger partial charge in [-0.05, 0) is 56.6 Å². The van der Waals surface area contributed by atoms with Gasteiger partial charge in [0.1, 0.15) is 11.6 Å². The van der Waals surface area contributed by atoms with Crippen molar-refractivity contribution in [3.05, 3.63) is 65.8 Å². The molecule has 2 aromatic carbocycles. The quantitative estimate of drug-likeness (QED) is 0.365. The molecule has 4 rings (SSSR count). The van der Waals surface area contributed by atoms with Crippen LogP contribution in [-0.4, -0.2) is 52.3 Å². The van der Waals surface area contributed by atoms with Gasteiger partial charge in [0.2, 0.25) is 5.95 Å². The highest BCUT2D eigenvalue weighted by Gasteiger charge is 2.21. The Labute approximate surface area is 204 Å². The number of para-hydroxylation sites is 1. The molecule has 9 heteroatoms. The first-order valence-corrected chi connectivity index (χ1v) is 11.8. The molecule has 1 amide bonds. The SMILES string of the molecule is O=C(O)N(c1ccnc(Nc2cccc(OCCCN3CCCCC3)c2)n1)c1ccccc1Cl. The van der Waals surface area contributed by atoms with Crippen LogP contribution in [0.2, 0.25) is 5.02 Å². The molecule has 8 nitrogen and oxygen atoms in total. The van der Waals surface area contributed by atoms with Gasteiger partial charge in [-0.2, -0.15) is 4.98 Å². The fourth-order valence-corrected chi connectivity index (χ4v) is 4.17. The smallest absolute Gasteiger partial charge is 0.417 e. The van der Waals surface area contributed by atoms with E-state index in [1.54, 1.807) is 24.3 Å². The van der Waals surface area contributed by atoms with Gasteiger partial charge >= 0.3 is 6.09 Å². The lowest BCUT2D eigenvalue weighted by atomic mass is 10.1. The molecule has 0 unspecified atom stereocenters. The summed E-state index contributed by atoms with van der Waals surface area (Å²) in [5, 5.41) is 13.2. The van der Waals surface area contributed by atoms with Crippen LogP contribution in [0.4, 0.5) is 27.9 Å². The molecule has 1 aliphatic heterocycles. The second-order valence-electron chi connectivity index (χ2n) is 8.06. The van der Waals surface area contributed by atoms with Crippen molar-refractivity contribution >= 4 is 40.8 Å². The number of likely N-dealkylation sites (tertiary alicyclic amines) is 1. The van der Waals surface area contributed by atoms with Crippen molar-refractivity contribution in [3.63, 3.8) is 0 Å². The minimum atomic E-state index is -1.20. The third-order valence-corrected chi connectivity index (χ3v) is 5.90. The molecule has 0 atom stereocenters. The maximum absolute atomic E-state index is 12.0. The van der Waals surface area contributed by atoms with E-state index < -0.39 is 6.09 Å². The van der Waals surface area contributed by atoms with Crippen LogP contribution in [0, 0.1) is 0 Å². The zero-order chi connectivity index (χ0) is 23.8. The van der Waals surface area contributed by atoms with Crippen molar-refractivity contribution in [2.45, 2.75) is 25.7 Å². The minimum Gasteiger partial charge on any atom is -0.493 e. The molecule has 2 heterocycles. The van der Waals surface area contributed by atoms with Crippen LogP contribution in [0.5, 0.6) is 5.75 Å². The van der Waals surface area contributed by atoms with E-state index in [1.165, 1.54) is 44.6 Å². The average Bonchev–Trinajstić information content (AvgIpc) is 2.84. The van der Waals surface area contributed by atoms with Crippen molar-refractivity contribution in [1.82, 2.24) is 14.9 Å². The maximum Gasteiger partial charge on any atom is 0.417 e. The van der Waals surface area contributed by atoms with E-state index in [0.717, 1.165) is 29.3 Å². The Bertz CT molecular complexity index is 1110. The molecular formula is C25H28ClN5O3. The fourth-order valence-electron chi connectivity index (χ4n) is 3.95. The molecule has 0 spiro atoms. The van der Waals surface area contributed by atoms with E-state index in [2.05, 4.69) is 20.2 Å². The monoisotopic (exact) mass is 481 g/mol. The van der Waals surface area contributed by atoms with E-state index in [9.17, 15) is 9.90 Å². The number of anilines is 4. The first-order valence-electron chi connectivity index (χ1n) is 11.4. The number of nitrogens with one attached hydrogen (secondary N) is 1. The van der Waals surface area contributed by atoms with Crippen molar-refractivity contribution in [2.24, 2.45) is 0 Å². The van der Waals surface area contributed by atoms with Crippen molar-refractivity contribution in [3.8, 4) is 5.75 Å². The highest BCUT2D eigenvalue weighted by atomic mass is 35.5. The molecule has 34 heavy (non-hydrogen) atoms. The Kier molecular flexibility index (Phi) is 8.17. The Balaban J connectivity index is 1.39. The van der Waals surface area contributed by atoms with Crippen LogP contribution in [0.15, 0.2) is 60.8 Å². The molecule has 0 aliphatic carbocycles. The lowest BCUT2D eigenvalue weighted by Crippen LogP contribution is -2.31. The number of hydrogen-bond acceptors (Lipinski definition) is 6. The Hall–Kier alpha value is -3.36. The predicted octanol–water partition coefficient (Wildman–Crippen LogP) is 5.94. The van der Waals surface area contributed by atoms with Gasteiger partial charge in [0.25, 0.3) is 0 Å². The molecule has 2 N–H and O–H groups in total. The van der Waals surface area contributed by atoms with E-state index in [4.69, 9.17) is 16.3 Å². The molecule has 1 aromatic heterocycles. The normalized spacial score (nSPS) is 13.9. The van der Waals surface area contributed by atoms with Crippen molar-refractivity contribution in [2.75, 3.05) is 36.5 Å². The second-order valence-corrected chi connectivity index (χ2v) is 8.47. The van der Waals surface area contributed by atoms with Gasteiger partial charge in [0.15, 0.2) is 0 Å². The number of aromatic nitrogens is 2. The van der Waals surface area contributed by atoms with E-state index >= 15 is 0 Å². The summed E-state index contributed by atoms with van der Waals surface area (Å²) in [5.74, 6) is 1.20. The number of carbonyl (C=O) groups is 1. The van der Waals surface area contributed by atoms with Gasteiger partial charge in [-0.1, -0.05) is 36.2 Å². The van der Waals surface area contributed by atoms with Crippen molar-refractivity contribution < 1.29 is 14.6 Å². The number of amides is 1. The Morgan fingerprint density at radius 2 is 1.94 bits per heavy atom. The maximum atomic E-state index is 12.0. The molecule has 1 saturated heterocycles. The summed E-state index contributed by atoms with van der Waals surface area (Å²) in [6.07, 6.45) is 5.21. The van der Waals surface area contributed by atoms with E-state index in [0.29, 0.717) is 17.3 Å². The summed E-state index contributed by atoms with van der Waals surface area (Å²) >= 11 is 6.22. The summed E-state index contributed by atoms with van der Waals surface area (Å²) < 4.78 is 5.93. The third kappa shape index (κ3) is 6.36. The van der Waals surface area contributed by atoms with Crippen LogP contribution in [0.3, 0.4) is 0 Å². The lowest BCUT2D eigenvalue weighted by molar-refractivity contribution is 0.204. The molecule has 1 aliphatic rings. The fraction of sp³-hybridized carbons (Fsp3) is 0.320. The molecule has 0 bridgehead atoms. The molecule has 0 saturated carbocycles. The number of piperidine rings is 1. The summed E-state index contributed by atoms with van der Waals surface area (Å²) in [5.41, 5.74) is 1.06. The number of benzene rings is 2. The number of hydrogen-bond donors (Lipinski definition) is 2. The van der Waals surface area contributed by atoms with Crippen LogP contribution in [0.25, 0.3) is 0 Å². The zero-order valence-electron chi connectivity index (χ0n) is 18.9. The topological polar surface area (TPSA) is 90.8 Å². The van der Waals surface area contributed by atoms with Gasteiger partial charge < -0.3 is 20.1 Å². The number of halogens is 1. The summed E-state index contributed by atoms with van der Waals surface area (Å²) in [4.78, 5) is 24.1.